The van der Waals surface area contributed by atoms with Crippen LogP contribution in [0.2, 0.25) is 0 Å². The Morgan fingerprint density at radius 3 is 2.52 bits per heavy atom. The molecule has 1 heterocycles. The molecule has 2 aromatic rings. The first-order chi connectivity index (χ1) is 12.9. The van der Waals surface area contributed by atoms with E-state index in [9.17, 15) is 4.79 Å². The minimum Gasteiger partial charge on any atom is -0.493 e. The van der Waals surface area contributed by atoms with Gasteiger partial charge in [0.2, 0.25) is 0 Å². The van der Waals surface area contributed by atoms with Gasteiger partial charge in [0, 0.05) is 0 Å². The summed E-state index contributed by atoms with van der Waals surface area (Å²) in [4.78, 5) is 17.3. The number of rotatable bonds is 5. The summed E-state index contributed by atoms with van der Waals surface area (Å²) in [6.45, 7) is 5.95. The molecule has 0 aromatic heterocycles. The van der Waals surface area contributed by atoms with E-state index in [0.717, 1.165) is 11.3 Å². The number of aliphatic imine (C=N–C) groups is 1. The summed E-state index contributed by atoms with van der Waals surface area (Å²) in [6, 6.07) is 13.4. The Bertz CT molecular complexity index is 902. The van der Waals surface area contributed by atoms with Crippen molar-refractivity contribution in [3.63, 3.8) is 0 Å². The summed E-state index contributed by atoms with van der Waals surface area (Å²) in [6.07, 6.45) is 1.87. The number of nitrogens with zero attached hydrogens (tertiary/aromatic N) is 1. The molecule has 0 atom stereocenters. The SMILES string of the molecule is COc1cc(C=C2SC(=Nc3ccc(C)cc3)NC2=O)ccc1OC(C)C. The number of thioether (sulfide) groups is 1. The van der Waals surface area contributed by atoms with E-state index in [1.807, 2.05) is 69.3 Å². The second kappa shape index (κ2) is 8.31. The zero-order valence-corrected chi connectivity index (χ0v) is 16.6. The van der Waals surface area contributed by atoms with Gasteiger partial charge in [-0.3, -0.25) is 4.79 Å². The smallest absolute Gasteiger partial charge is 0.264 e. The summed E-state index contributed by atoms with van der Waals surface area (Å²) in [5.74, 6) is 1.15. The largest absolute Gasteiger partial charge is 0.493 e. The average Bonchev–Trinajstić information content (AvgIpc) is 2.97. The molecule has 3 rings (SSSR count). The van der Waals surface area contributed by atoms with Gasteiger partial charge in [-0.1, -0.05) is 23.8 Å². The third-order valence-corrected chi connectivity index (χ3v) is 4.67. The lowest BCUT2D eigenvalue weighted by Crippen LogP contribution is -2.19. The van der Waals surface area contributed by atoms with Crippen molar-refractivity contribution in [1.82, 2.24) is 5.32 Å². The number of benzene rings is 2. The number of hydrogen-bond donors (Lipinski definition) is 1. The Hall–Kier alpha value is -2.73. The maximum atomic E-state index is 12.3. The number of carbonyl (C=O) groups is 1. The molecule has 6 heteroatoms. The van der Waals surface area contributed by atoms with E-state index in [0.29, 0.717) is 21.6 Å². The lowest BCUT2D eigenvalue weighted by Gasteiger charge is -2.13. The molecule has 1 aliphatic rings. The van der Waals surface area contributed by atoms with Crippen LogP contribution in [0.4, 0.5) is 5.69 Å². The molecular formula is C21H22N2O3S. The minimum absolute atomic E-state index is 0.0554. The Labute approximate surface area is 163 Å². The molecule has 5 nitrogen and oxygen atoms in total. The molecule has 0 saturated carbocycles. The number of nitrogens with one attached hydrogen (secondary N) is 1. The van der Waals surface area contributed by atoms with Gasteiger partial charge in [0.25, 0.3) is 5.91 Å². The van der Waals surface area contributed by atoms with E-state index in [4.69, 9.17) is 9.47 Å². The third-order valence-electron chi connectivity index (χ3n) is 3.76. The highest BCUT2D eigenvalue weighted by Gasteiger charge is 2.24. The fraction of sp³-hybridized carbons (Fsp3) is 0.238. The molecule has 0 spiro atoms. The van der Waals surface area contributed by atoms with E-state index in [1.165, 1.54) is 17.3 Å². The van der Waals surface area contributed by atoms with Crippen molar-refractivity contribution in [2.75, 3.05) is 7.11 Å². The molecule has 140 valence electrons. The average molecular weight is 382 g/mol. The second-order valence-corrected chi connectivity index (χ2v) is 7.42. The van der Waals surface area contributed by atoms with Crippen LogP contribution in [-0.4, -0.2) is 24.3 Å². The lowest BCUT2D eigenvalue weighted by molar-refractivity contribution is -0.115. The lowest BCUT2D eigenvalue weighted by atomic mass is 10.2. The van der Waals surface area contributed by atoms with Crippen molar-refractivity contribution >= 4 is 34.6 Å². The number of carbonyl (C=O) groups excluding carboxylic acids is 1. The van der Waals surface area contributed by atoms with E-state index in [1.54, 1.807) is 7.11 Å². The summed E-state index contributed by atoms with van der Waals surface area (Å²) >= 11 is 1.32. The molecule has 1 N–H and O–H groups in total. The van der Waals surface area contributed by atoms with Gasteiger partial charge in [0.1, 0.15) is 0 Å². The number of ether oxygens (including phenoxy) is 2. The zero-order chi connectivity index (χ0) is 19.4. The Morgan fingerprint density at radius 2 is 1.85 bits per heavy atom. The number of aryl methyl sites for hydroxylation is 1. The van der Waals surface area contributed by atoms with E-state index >= 15 is 0 Å². The Kier molecular flexibility index (Phi) is 5.86. The molecule has 0 aliphatic carbocycles. The molecular weight excluding hydrogens is 360 g/mol. The standard InChI is InChI=1S/C21H22N2O3S/c1-13(2)26-17-10-7-15(11-18(17)25-4)12-19-20(24)23-21(27-19)22-16-8-5-14(3)6-9-16/h5-13H,1-4H3,(H,22,23,24). The van der Waals surface area contributed by atoms with Crippen LogP contribution in [0.1, 0.15) is 25.0 Å². The van der Waals surface area contributed by atoms with Gasteiger partial charge in [-0.2, -0.15) is 0 Å². The molecule has 1 amide bonds. The van der Waals surface area contributed by atoms with E-state index < -0.39 is 0 Å². The predicted molar refractivity (Wildman–Crippen MR) is 111 cm³/mol. The first-order valence-electron chi connectivity index (χ1n) is 8.65. The molecule has 1 fully saturated rings. The van der Waals surface area contributed by atoms with Crippen LogP contribution in [0.5, 0.6) is 11.5 Å². The normalized spacial score (nSPS) is 16.9. The van der Waals surface area contributed by atoms with Crippen LogP contribution in [-0.2, 0) is 4.79 Å². The maximum Gasteiger partial charge on any atom is 0.264 e. The Morgan fingerprint density at radius 1 is 1.11 bits per heavy atom. The molecule has 0 unspecified atom stereocenters. The minimum atomic E-state index is -0.160. The highest BCUT2D eigenvalue weighted by Crippen LogP contribution is 2.32. The van der Waals surface area contributed by atoms with Gasteiger partial charge in [0.15, 0.2) is 16.7 Å². The topological polar surface area (TPSA) is 59.9 Å². The predicted octanol–water partition coefficient (Wildman–Crippen LogP) is 4.68. The summed E-state index contributed by atoms with van der Waals surface area (Å²) < 4.78 is 11.1. The van der Waals surface area contributed by atoms with E-state index in [2.05, 4.69) is 10.3 Å². The number of methoxy groups -OCH3 is 1. The molecule has 0 bridgehead atoms. The zero-order valence-electron chi connectivity index (χ0n) is 15.8. The van der Waals surface area contributed by atoms with Gasteiger partial charge in [-0.25, -0.2) is 4.99 Å². The van der Waals surface area contributed by atoms with Crippen LogP contribution in [0.3, 0.4) is 0 Å². The van der Waals surface area contributed by atoms with Crippen LogP contribution in [0.15, 0.2) is 52.4 Å². The number of hydrogen-bond acceptors (Lipinski definition) is 5. The first kappa shape index (κ1) is 19.0. The highest BCUT2D eigenvalue weighted by atomic mass is 32.2. The van der Waals surface area contributed by atoms with Gasteiger partial charge in [-0.15, -0.1) is 0 Å². The quantitative estimate of drug-likeness (QED) is 0.763. The monoisotopic (exact) mass is 382 g/mol. The van der Waals surface area contributed by atoms with Crippen LogP contribution < -0.4 is 14.8 Å². The van der Waals surface area contributed by atoms with Crippen LogP contribution in [0.25, 0.3) is 6.08 Å². The number of amidine groups is 1. The van der Waals surface area contributed by atoms with Crippen LogP contribution in [0, 0.1) is 6.92 Å². The molecule has 1 saturated heterocycles. The summed E-state index contributed by atoms with van der Waals surface area (Å²) in [5.41, 5.74) is 2.83. The van der Waals surface area contributed by atoms with Gasteiger partial charge in [0.05, 0.1) is 23.8 Å². The maximum absolute atomic E-state index is 12.3. The molecule has 0 radical (unpaired) electrons. The first-order valence-corrected chi connectivity index (χ1v) is 9.47. The van der Waals surface area contributed by atoms with Crippen molar-refractivity contribution in [3.8, 4) is 11.5 Å². The van der Waals surface area contributed by atoms with Crippen molar-refractivity contribution in [1.29, 1.82) is 0 Å². The van der Waals surface area contributed by atoms with Crippen molar-refractivity contribution in [3.05, 3.63) is 58.5 Å². The fourth-order valence-corrected chi connectivity index (χ4v) is 3.34. The summed E-state index contributed by atoms with van der Waals surface area (Å²) in [5, 5.41) is 3.37. The fourth-order valence-electron chi connectivity index (χ4n) is 2.49. The highest BCUT2D eigenvalue weighted by molar-refractivity contribution is 8.18. The molecule has 27 heavy (non-hydrogen) atoms. The number of amides is 1. The van der Waals surface area contributed by atoms with Crippen molar-refractivity contribution < 1.29 is 14.3 Å². The van der Waals surface area contributed by atoms with E-state index in [-0.39, 0.29) is 12.0 Å². The Balaban J connectivity index is 1.81. The third kappa shape index (κ3) is 4.92. The molecule has 2 aromatic carbocycles. The summed E-state index contributed by atoms with van der Waals surface area (Å²) in [7, 11) is 1.60. The van der Waals surface area contributed by atoms with Crippen molar-refractivity contribution in [2.24, 2.45) is 4.99 Å². The van der Waals surface area contributed by atoms with Gasteiger partial charge >= 0.3 is 0 Å². The van der Waals surface area contributed by atoms with Gasteiger partial charge < -0.3 is 14.8 Å². The van der Waals surface area contributed by atoms with Crippen molar-refractivity contribution in [2.45, 2.75) is 26.9 Å². The van der Waals surface area contributed by atoms with Gasteiger partial charge in [-0.05, 0) is 68.4 Å². The van der Waals surface area contributed by atoms with Crippen LogP contribution >= 0.6 is 11.8 Å². The molecule has 1 aliphatic heterocycles. The second-order valence-electron chi connectivity index (χ2n) is 6.39.